The first-order chi connectivity index (χ1) is 13.0. The molecule has 1 N–H and O–H groups in total. The number of benzene rings is 1. The molecule has 0 bridgehead atoms. The molecule has 1 aromatic rings. The third-order valence-corrected chi connectivity index (χ3v) is 5.66. The van der Waals surface area contributed by atoms with Gasteiger partial charge in [-0.1, -0.05) is 0 Å². The number of carbonyl (C=O) groups excluding carboxylic acids is 2. The largest absolute Gasteiger partial charge is 0.497 e. The number of amides is 2. The molecule has 2 heterocycles. The molecule has 1 atom stereocenters. The van der Waals surface area contributed by atoms with Gasteiger partial charge in [0.25, 0.3) is 5.91 Å². The van der Waals surface area contributed by atoms with Gasteiger partial charge in [0.1, 0.15) is 11.5 Å². The Morgan fingerprint density at radius 3 is 2.18 bits per heavy atom. The minimum Gasteiger partial charge on any atom is -0.497 e. The summed E-state index contributed by atoms with van der Waals surface area (Å²) in [5.41, 5.74) is 0.546. The number of carbonyl (C=O) groups is 2. The summed E-state index contributed by atoms with van der Waals surface area (Å²) in [4.78, 5) is 29.3. The Kier molecular flexibility index (Phi) is 7.95. The van der Waals surface area contributed by atoms with Gasteiger partial charge in [-0.05, 0) is 37.9 Å². The molecule has 0 radical (unpaired) electrons. The highest BCUT2D eigenvalue weighted by Crippen LogP contribution is 2.26. The first-order valence-corrected chi connectivity index (χ1v) is 9.53. The summed E-state index contributed by atoms with van der Waals surface area (Å²) < 4.78 is 10.5. The molecule has 3 rings (SSSR count). The number of likely N-dealkylation sites (tertiary alicyclic amines) is 1. The molecule has 2 aliphatic heterocycles. The number of likely N-dealkylation sites (N-methyl/N-ethyl adjacent to an activating group) is 1. The first-order valence-electron chi connectivity index (χ1n) is 9.53. The monoisotopic (exact) mass is 411 g/mol. The Labute approximate surface area is 172 Å². The number of nitrogens with one attached hydrogen (secondary N) is 1. The second-order valence-electron chi connectivity index (χ2n) is 7.26. The Balaban J connectivity index is 0.00000280. The van der Waals surface area contributed by atoms with E-state index in [0.29, 0.717) is 49.0 Å². The molecule has 0 aliphatic carbocycles. The van der Waals surface area contributed by atoms with Gasteiger partial charge in [-0.25, -0.2) is 0 Å². The lowest BCUT2D eigenvalue weighted by molar-refractivity contribution is -0.137. The van der Waals surface area contributed by atoms with E-state index in [1.807, 2.05) is 16.8 Å². The number of nitrogens with zero attached hydrogens (tertiary/aromatic N) is 2. The zero-order valence-electron chi connectivity index (χ0n) is 16.8. The smallest absolute Gasteiger partial charge is 0.254 e. The lowest BCUT2D eigenvalue weighted by atomic mass is 9.94. The Morgan fingerprint density at radius 1 is 1.07 bits per heavy atom. The van der Waals surface area contributed by atoms with Crippen LogP contribution in [0.25, 0.3) is 0 Å². The van der Waals surface area contributed by atoms with E-state index >= 15 is 0 Å². The van der Waals surface area contributed by atoms with Crippen LogP contribution in [0.15, 0.2) is 18.2 Å². The third kappa shape index (κ3) is 4.89. The van der Waals surface area contributed by atoms with Crippen LogP contribution in [0.3, 0.4) is 0 Å². The van der Waals surface area contributed by atoms with E-state index in [-0.39, 0.29) is 30.1 Å². The van der Waals surface area contributed by atoms with Crippen LogP contribution < -0.4 is 14.8 Å². The fraction of sp³-hybridized carbons (Fsp3) is 0.600. The lowest BCUT2D eigenvalue weighted by Crippen LogP contribution is -2.46. The van der Waals surface area contributed by atoms with E-state index in [0.717, 1.165) is 19.5 Å². The van der Waals surface area contributed by atoms with E-state index in [9.17, 15) is 9.59 Å². The van der Waals surface area contributed by atoms with Crippen molar-refractivity contribution in [2.24, 2.45) is 5.92 Å². The zero-order chi connectivity index (χ0) is 19.4. The summed E-state index contributed by atoms with van der Waals surface area (Å²) in [5.74, 6) is 1.34. The second kappa shape index (κ2) is 9.98. The molecular weight excluding hydrogens is 382 g/mol. The van der Waals surface area contributed by atoms with Crippen LogP contribution in [-0.2, 0) is 4.79 Å². The maximum Gasteiger partial charge on any atom is 0.254 e. The van der Waals surface area contributed by atoms with Crippen molar-refractivity contribution >= 4 is 24.2 Å². The molecule has 0 aromatic heterocycles. The highest BCUT2D eigenvalue weighted by Gasteiger charge is 2.32. The molecule has 2 aliphatic rings. The molecule has 0 saturated carbocycles. The lowest BCUT2D eigenvalue weighted by Gasteiger charge is -2.35. The molecule has 8 heteroatoms. The Morgan fingerprint density at radius 2 is 1.68 bits per heavy atom. The van der Waals surface area contributed by atoms with E-state index in [4.69, 9.17) is 9.47 Å². The van der Waals surface area contributed by atoms with Gasteiger partial charge in [0.05, 0.1) is 14.2 Å². The number of hydrogen-bond donors (Lipinski definition) is 1. The molecule has 2 fully saturated rings. The van der Waals surface area contributed by atoms with Crippen molar-refractivity contribution in [3.8, 4) is 11.5 Å². The molecular formula is C20H30ClN3O4. The summed E-state index contributed by atoms with van der Waals surface area (Å²) in [6.45, 7) is 3.02. The Hall–Kier alpha value is -1.99. The van der Waals surface area contributed by atoms with Gasteiger partial charge < -0.3 is 24.6 Å². The van der Waals surface area contributed by atoms with Gasteiger partial charge in [0, 0.05) is 50.3 Å². The zero-order valence-corrected chi connectivity index (χ0v) is 17.6. The highest BCUT2D eigenvalue weighted by molar-refractivity contribution is 5.95. The number of methoxy groups -OCH3 is 2. The second-order valence-corrected chi connectivity index (χ2v) is 7.26. The first kappa shape index (κ1) is 22.3. The fourth-order valence-electron chi connectivity index (χ4n) is 3.88. The molecule has 2 saturated heterocycles. The van der Waals surface area contributed by atoms with Gasteiger partial charge in [0.15, 0.2) is 0 Å². The van der Waals surface area contributed by atoms with E-state index < -0.39 is 0 Å². The molecule has 1 unspecified atom stereocenters. The Bertz CT molecular complexity index is 664. The maximum atomic E-state index is 12.9. The van der Waals surface area contributed by atoms with Gasteiger partial charge >= 0.3 is 0 Å². The van der Waals surface area contributed by atoms with Crippen LogP contribution in [0.1, 0.15) is 29.6 Å². The standard InChI is InChI=1S/C20H29N3O4.ClH/c1-22(16-4-7-21-13-16)19(24)14-5-8-23(9-6-14)20(25)15-10-17(26-2)12-18(11-15)27-3;/h10-12,14,16,21H,4-9,13H2,1-3H3;1H. The van der Waals surface area contributed by atoms with Crippen LogP contribution in [-0.4, -0.2) is 75.1 Å². The van der Waals surface area contributed by atoms with Crippen molar-refractivity contribution in [1.82, 2.24) is 15.1 Å². The molecule has 0 spiro atoms. The summed E-state index contributed by atoms with van der Waals surface area (Å²) >= 11 is 0. The van der Waals surface area contributed by atoms with Crippen molar-refractivity contribution < 1.29 is 19.1 Å². The van der Waals surface area contributed by atoms with Crippen LogP contribution >= 0.6 is 12.4 Å². The number of piperidine rings is 1. The van der Waals surface area contributed by atoms with Gasteiger partial charge in [-0.3, -0.25) is 9.59 Å². The van der Waals surface area contributed by atoms with Crippen LogP contribution in [0, 0.1) is 5.92 Å². The van der Waals surface area contributed by atoms with Gasteiger partial charge in [-0.15, -0.1) is 12.4 Å². The minimum atomic E-state index is -0.0496. The van der Waals surface area contributed by atoms with Crippen molar-refractivity contribution in [3.05, 3.63) is 23.8 Å². The number of halogens is 1. The summed E-state index contributed by atoms with van der Waals surface area (Å²) in [6.07, 6.45) is 2.42. The van der Waals surface area contributed by atoms with Gasteiger partial charge in [0.2, 0.25) is 5.91 Å². The SMILES string of the molecule is COc1cc(OC)cc(C(=O)N2CCC(C(=O)N(C)C3CCNC3)CC2)c1.Cl. The van der Waals surface area contributed by atoms with Crippen molar-refractivity contribution in [2.75, 3.05) is 47.4 Å². The number of hydrogen-bond acceptors (Lipinski definition) is 5. The van der Waals surface area contributed by atoms with Crippen molar-refractivity contribution in [3.63, 3.8) is 0 Å². The van der Waals surface area contributed by atoms with E-state index in [2.05, 4.69) is 5.32 Å². The predicted molar refractivity (Wildman–Crippen MR) is 109 cm³/mol. The molecule has 7 nitrogen and oxygen atoms in total. The normalized spacial score (nSPS) is 19.7. The summed E-state index contributed by atoms with van der Waals surface area (Å²) in [7, 11) is 5.03. The summed E-state index contributed by atoms with van der Waals surface area (Å²) in [5, 5.41) is 3.30. The molecule has 28 heavy (non-hydrogen) atoms. The number of ether oxygens (including phenoxy) is 2. The quantitative estimate of drug-likeness (QED) is 0.800. The van der Waals surface area contributed by atoms with Crippen molar-refractivity contribution in [1.29, 1.82) is 0 Å². The van der Waals surface area contributed by atoms with Crippen molar-refractivity contribution in [2.45, 2.75) is 25.3 Å². The average Bonchev–Trinajstić information content (AvgIpc) is 3.26. The molecule has 1 aromatic carbocycles. The maximum absolute atomic E-state index is 12.9. The van der Waals surface area contributed by atoms with E-state index in [1.54, 1.807) is 32.4 Å². The third-order valence-electron chi connectivity index (χ3n) is 5.66. The van der Waals surface area contributed by atoms with Crippen LogP contribution in [0.5, 0.6) is 11.5 Å². The molecule has 2 amide bonds. The predicted octanol–water partition coefficient (Wildman–Crippen LogP) is 1.80. The van der Waals surface area contributed by atoms with Gasteiger partial charge in [-0.2, -0.15) is 0 Å². The fourth-order valence-corrected chi connectivity index (χ4v) is 3.88. The average molecular weight is 412 g/mol. The van der Waals surface area contributed by atoms with E-state index in [1.165, 1.54) is 0 Å². The minimum absolute atomic E-state index is 0. The van der Waals surface area contributed by atoms with Crippen LogP contribution in [0.4, 0.5) is 0 Å². The number of rotatable bonds is 5. The molecule has 156 valence electrons. The topological polar surface area (TPSA) is 71.1 Å². The highest BCUT2D eigenvalue weighted by atomic mass is 35.5. The summed E-state index contributed by atoms with van der Waals surface area (Å²) in [6, 6.07) is 5.49. The van der Waals surface area contributed by atoms with Crippen LogP contribution in [0.2, 0.25) is 0 Å².